The van der Waals surface area contributed by atoms with Gasteiger partial charge in [-0.3, -0.25) is 9.59 Å². The molecule has 3 rings (SSSR count). The lowest BCUT2D eigenvalue weighted by atomic mass is 9.55. The minimum absolute atomic E-state index is 0.0307. The van der Waals surface area contributed by atoms with Crippen molar-refractivity contribution in [3.63, 3.8) is 0 Å². The molecule has 7 atom stereocenters. The van der Waals surface area contributed by atoms with Crippen LogP contribution >= 0.6 is 0 Å². The number of fused-ring (bicyclic) bond motifs is 1. The SMILES string of the molecule is CCCC(=O)O[C@]1(C)CC[C@]23C=C(C)[C@H](O)[C@@]2(O)[C@H](O)C(CO)=C[C@H](C3=O)[C@H](N)C1(C)C. The van der Waals surface area contributed by atoms with Crippen LogP contribution in [0.5, 0.6) is 0 Å². The van der Waals surface area contributed by atoms with Crippen LogP contribution in [0.4, 0.5) is 0 Å². The lowest BCUT2D eigenvalue weighted by Gasteiger charge is -2.54. The normalized spacial score (nSPS) is 43.4. The van der Waals surface area contributed by atoms with Crippen molar-refractivity contribution in [3.05, 3.63) is 23.3 Å². The number of ketones is 1. The van der Waals surface area contributed by atoms with Gasteiger partial charge in [0.25, 0.3) is 0 Å². The summed E-state index contributed by atoms with van der Waals surface area (Å²) >= 11 is 0. The summed E-state index contributed by atoms with van der Waals surface area (Å²) in [6.45, 7) is 8.32. The fourth-order valence-electron chi connectivity index (χ4n) is 5.86. The maximum absolute atomic E-state index is 14.0. The number of hydrogen-bond acceptors (Lipinski definition) is 8. The zero-order chi connectivity index (χ0) is 24.3. The third-order valence-electron chi connectivity index (χ3n) is 8.50. The van der Waals surface area contributed by atoms with Gasteiger partial charge in [0.05, 0.1) is 17.9 Å². The van der Waals surface area contributed by atoms with Gasteiger partial charge in [0.1, 0.15) is 23.4 Å². The van der Waals surface area contributed by atoms with Gasteiger partial charge >= 0.3 is 5.97 Å². The molecule has 1 fully saturated rings. The standard InChI is InChI=1S/C24H37NO7/c1-6-7-16(27)32-22(5)8-9-23-11-13(2)18(28)24(23,31)19(29)14(12-26)10-15(20(23)30)17(25)21(22,3)4/h10-11,15,17-19,26,28-29,31H,6-9,12,25H2,1-5H3/t15-,17-,18-,19+,22+,23+,24+/m0/s1. The number of rotatable bonds is 4. The fourth-order valence-corrected chi connectivity index (χ4v) is 5.86. The molecular formula is C24H37NO7. The Morgan fingerprint density at radius 1 is 1.22 bits per heavy atom. The van der Waals surface area contributed by atoms with E-state index in [4.69, 9.17) is 10.5 Å². The molecule has 0 saturated heterocycles. The van der Waals surface area contributed by atoms with Crippen LogP contribution in [0.15, 0.2) is 23.3 Å². The van der Waals surface area contributed by atoms with Crippen molar-refractivity contribution in [2.75, 3.05) is 6.61 Å². The highest BCUT2D eigenvalue weighted by molar-refractivity contribution is 5.94. The number of aliphatic hydroxyl groups excluding tert-OH is 3. The predicted molar refractivity (Wildman–Crippen MR) is 117 cm³/mol. The lowest BCUT2D eigenvalue weighted by molar-refractivity contribution is -0.198. The first-order valence-corrected chi connectivity index (χ1v) is 11.3. The summed E-state index contributed by atoms with van der Waals surface area (Å²) < 4.78 is 5.97. The highest BCUT2D eigenvalue weighted by atomic mass is 16.6. The topological polar surface area (TPSA) is 150 Å². The van der Waals surface area contributed by atoms with Gasteiger partial charge in [-0.1, -0.05) is 32.9 Å². The summed E-state index contributed by atoms with van der Waals surface area (Å²) in [6.07, 6.45) is 0.847. The Morgan fingerprint density at radius 3 is 2.41 bits per heavy atom. The number of Topliss-reactive ketones (excluding diaryl/α,β-unsaturated/α-hetero) is 1. The van der Waals surface area contributed by atoms with E-state index in [2.05, 4.69) is 0 Å². The van der Waals surface area contributed by atoms with Crippen LogP contribution in [-0.4, -0.2) is 68.2 Å². The van der Waals surface area contributed by atoms with E-state index in [1.807, 2.05) is 20.8 Å². The summed E-state index contributed by atoms with van der Waals surface area (Å²) in [5.41, 5.74) is 1.21. The molecule has 0 amide bonds. The van der Waals surface area contributed by atoms with Gasteiger partial charge in [-0.25, -0.2) is 0 Å². The second-order valence-corrected chi connectivity index (χ2v) is 10.5. The van der Waals surface area contributed by atoms with E-state index < -0.39 is 58.6 Å². The van der Waals surface area contributed by atoms with E-state index in [1.54, 1.807) is 13.8 Å². The van der Waals surface area contributed by atoms with Gasteiger partial charge in [0, 0.05) is 17.9 Å². The van der Waals surface area contributed by atoms with Gasteiger partial charge in [0.2, 0.25) is 0 Å². The third kappa shape index (κ3) is 3.15. The zero-order valence-electron chi connectivity index (χ0n) is 19.6. The Bertz CT molecular complexity index is 864. The van der Waals surface area contributed by atoms with E-state index in [0.717, 1.165) is 0 Å². The zero-order valence-corrected chi connectivity index (χ0v) is 19.6. The summed E-state index contributed by atoms with van der Waals surface area (Å²) in [5.74, 6) is -1.77. The maximum atomic E-state index is 14.0. The minimum atomic E-state index is -2.27. The molecule has 0 heterocycles. The molecular weight excluding hydrogens is 414 g/mol. The molecule has 1 saturated carbocycles. The highest BCUT2D eigenvalue weighted by Crippen LogP contribution is 2.59. The molecule has 0 aromatic heterocycles. The van der Waals surface area contributed by atoms with Gasteiger partial charge in [-0.05, 0) is 44.3 Å². The molecule has 0 unspecified atom stereocenters. The van der Waals surface area contributed by atoms with Crippen LogP contribution in [0.2, 0.25) is 0 Å². The molecule has 8 nitrogen and oxygen atoms in total. The molecule has 0 aromatic rings. The van der Waals surface area contributed by atoms with Crippen LogP contribution in [0.25, 0.3) is 0 Å². The van der Waals surface area contributed by atoms with Gasteiger partial charge in [0.15, 0.2) is 5.78 Å². The van der Waals surface area contributed by atoms with E-state index in [1.165, 1.54) is 12.2 Å². The summed E-state index contributed by atoms with van der Waals surface area (Å²) in [5, 5.41) is 43.8. The quantitative estimate of drug-likeness (QED) is 0.310. The van der Waals surface area contributed by atoms with Crippen molar-refractivity contribution in [1.82, 2.24) is 0 Å². The first-order chi connectivity index (χ1) is 14.7. The number of carbonyl (C=O) groups is 2. The molecule has 8 heteroatoms. The van der Waals surface area contributed by atoms with Crippen LogP contribution in [0.1, 0.15) is 60.3 Å². The number of ether oxygens (including phenoxy) is 1. The van der Waals surface area contributed by atoms with Crippen molar-refractivity contribution in [1.29, 1.82) is 0 Å². The average molecular weight is 452 g/mol. The first-order valence-electron chi connectivity index (χ1n) is 11.3. The first kappa shape index (κ1) is 25.1. The van der Waals surface area contributed by atoms with E-state index in [0.29, 0.717) is 12.0 Å². The van der Waals surface area contributed by atoms with E-state index in [9.17, 15) is 30.0 Å². The van der Waals surface area contributed by atoms with Crippen molar-refractivity contribution in [2.24, 2.45) is 22.5 Å². The Labute approximate surface area is 189 Å². The van der Waals surface area contributed by atoms with Crippen molar-refractivity contribution in [3.8, 4) is 0 Å². The summed E-state index contributed by atoms with van der Waals surface area (Å²) in [4.78, 5) is 26.5. The van der Waals surface area contributed by atoms with Crippen molar-refractivity contribution < 1.29 is 34.8 Å². The molecule has 0 radical (unpaired) electrons. The molecule has 0 aliphatic heterocycles. The van der Waals surface area contributed by atoms with E-state index >= 15 is 0 Å². The van der Waals surface area contributed by atoms with Gasteiger partial charge < -0.3 is 30.9 Å². The number of aliphatic hydroxyl groups is 4. The average Bonchev–Trinajstić information content (AvgIpc) is 2.89. The Kier molecular flexibility index (Phi) is 6.28. The van der Waals surface area contributed by atoms with Gasteiger partial charge in [-0.15, -0.1) is 0 Å². The highest BCUT2D eigenvalue weighted by Gasteiger charge is 2.70. The summed E-state index contributed by atoms with van der Waals surface area (Å²) in [7, 11) is 0. The van der Waals surface area contributed by atoms with Crippen LogP contribution in [-0.2, 0) is 14.3 Å². The molecule has 1 spiro atoms. The number of esters is 1. The monoisotopic (exact) mass is 451 g/mol. The van der Waals surface area contributed by atoms with Crippen molar-refractivity contribution in [2.45, 2.75) is 89.8 Å². The number of carbonyl (C=O) groups excluding carboxylic acids is 2. The maximum Gasteiger partial charge on any atom is 0.306 e. The fraction of sp³-hybridized carbons (Fsp3) is 0.750. The minimum Gasteiger partial charge on any atom is -0.459 e. The second kappa shape index (κ2) is 8.02. The Hall–Kier alpha value is -1.58. The largest absolute Gasteiger partial charge is 0.459 e. The van der Waals surface area contributed by atoms with E-state index in [-0.39, 0.29) is 30.8 Å². The molecule has 180 valence electrons. The van der Waals surface area contributed by atoms with Crippen LogP contribution in [0.3, 0.4) is 0 Å². The molecule has 3 aliphatic rings. The van der Waals surface area contributed by atoms with Gasteiger partial charge in [-0.2, -0.15) is 0 Å². The smallest absolute Gasteiger partial charge is 0.306 e. The molecule has 2 bridgehead atoms. The molecule has 32 heavy (non-hydrogen) atoms. The number of nitrogens with two attached hydrogens (primary N) is 1. The predicted octanol–water partition coefficient (Wildman–Crippen LogP) is 0.753. The van der Waals surface area contributed by atoms with Crippen molar-refractivity contribution >= 4 is 11.8 Å². The molecule has 3 aliphatic carbocycles. The van der Waals surface area contributed by atoms with Crippen LogP contribution in [0, 0.1) is 16.7 Å². The Morgan fingerprint density at radius 2 is 1.84 bits per heavy atom. The molecule has 6 N–H and O–H groups in total. The number of hydrogen-bond donors (Lipinski definition) is 5. The summed E-state index contributed by atoms with van der Waals surface area (Å²) in [6, 6.07) is -0.853. The lowest BCUT2D eigenvalue weighted by Crippen LogP contribution is -2.67. The Balaban J connectivity index is 2.25. The third-order valence-corrected chi connectivity index (χ3v) is 8.50. The second-order valence-electron chi connectivity index (χ2n) is 10.5. The van der Waals surface area contributed by atoms with Crippen LogP contribution < -0.4 is 5.73 Å². The molecule has 0 aromatic carbocycles.